The molecule has 1 atom stereocenters. The summed E-state index contributed by atoms with van der Waals surface area (Å²) < 4.78 is 43.7. The normalized spacial score (nSPS) is 11.9. The van der Waals surface area contributed by atoms with Crippen molar-refractivity contribution in [3.8, 4) is 0 Å². The Morgan fingerprint density at radius 1 is 0.905 bits per heavy atom. The zero-order valence-corrected chi connectivity index (χ0v) is 24.8. The van der Waals surface area contributed by atoms with Crippen LogP contribution >= 0.6 is 11.6 Å². The second kappa shape index (κ2) is 13.6. The van der Waals surface area contributed by atoms with Gasteiger partial charge in [0.2, 0.25) is 11.8 Å². The lowest BCUT2D eigenvalue weighted by Gasteiger charge is -2.33. The SMILES string of the molecule is CNC(=O)C(Cc1ccccc1)N(Cc1ccccc1F)C(=O)CN(c1ccc(C)c(Cl)c1)S(=O)(=O)c1ccccc1. The standard InChI is InChI=1S/C32H31ClFN3O4S/c1-23-17-18-26(20-28(23)33)37(42(40,41)27-14-7-4-8-15-27)22-31(38)36(21-25-13-9-10-16-29(25)34)30(32(39)35-2)19-24-11-5-3-6-12-24/h3-18,20,30H,19,21-22H2,1-2H3,(H,35,39). The van der Waals surface area contributed by atoms with Crippen LogP contribution in [0.15, 0.2) is 108 Å². The summed E-state index contributed by atoms with van der Waals surface area (Å²) in [5, 5.41) is 2.92. The molecule has 0 saturated carbocycles. The number of anilines is 1. The highest BCUT2D eigenvalue weighted by atomic mass is 35.5. The molecule has 0 aliphatic carbocycles. The highest BCUT2D eigenvalue weighted by Crippen LogP contribution is 2.29. The van der Waals surface area contributed by atoms with Gasteiger partial charge in [-0.2, -0.15) is 0 Å². The van der Waals surface area contributed by atoms with Crippen LogP contribution in [0.2, 0.25) is 5.02 Å². The lowest BCUT2D eigenvalue weighted by molar-refractivity contribution is -0.139. The van der Waals surface area contributed by atoms with E-state index in [9.17, 15) is 22.4 Å². The number of likely N-dealkylation sites (N-methyl/N-ethyl adjacent to an activating group) is 1. The van der Waals surface area contributed by atoms with Gasteiger partial charge in [0, 0.05) is 30.6 Å². The third-order valence-corrected chi connectivity index (χ3v) is 9.06. The molecule has 0 aliphatic heterocycles. The van der Waals surface area contributed by atoms with Crippen molar-refractivity contribution in [3.05, 3.63) is 131 Å². The number of hydrogen-bond acceptors (Lipinski definition) is 4. The number of halogens is 2. The topological polar surface area (TPSA) is 86.8 Å². The fraction of sp³-hybridized carbons (Fsp3) is 0.188. The van der Waals surface area contributed by atoms with E-state index in [4.69, 9.17) is 11.6 Å². The number of sulfonamides is 1. The molecule has 0 spiro atoms. The third kappa shape index (κ3) is 7.16. The first-order valence-corrected chi connectivity index (χ1v) is 15.1. The molecular formula is C32H31ClFN3O4S. The van der Waals surface area contributed by atoms with E-state index in [1.54, 1.807) is 43.3 Å². The van der Waals surface area contributed by atoms with Crippen molar-refractivity contribution >= 4 is 39.1 Å². The van der Waals surface area contributed by atoms with E-state index < -0.39 is 40.2 Å². The summed E-state index contributed by atoms with van der Waals surface area (Å²) in [6.45, 7) is 0.860. The second-order valence-electron chi connectivity index (χ2n) is 9.69. The van der Waals surface area contributed by atoms with Crippen LogP contribution in [0.1, 0.15) is 16.7 Å². The number of aryl methyl sites for hydroxylation is 1. The fourth-order valence-electron chi connectivity index (χ4n) is 4.52. The molecule has 4 rings (SSSR count). The van der Waals surface area contributed by atoms with Gasteiger partial charge in [0.05, 0.1) is 10.6 Å². The first kappa shape index (κ1) is 30.7. The van der Waals surface area contributed by atoms with Crippen molar-refractivity contribution in [1.82, 2.24) is 10.2 Å². The molecule has 218 valence electrons. The Labute approximate surface area is 250 Å². The van der Waals surface area contributed by atoms with Crippen molar-refractivity contribution in [3.63, 3.8) is 0 Å². The number of carbonyl (C=O) groups is 2. The van der Waals surface area contributed by atoms with Crippen molar-refractivity contribution in [1.29, 1.82) is 0 Å². The molecule has 10 heteroatoms. The van der Waals surface area contributed by atoms with Gasteiger partial charge < -0.3 is 10.2 Å². The summed E-state index contributed by atoms with van der Waals surface area (Å²) in [6.07, 6.45) is 0.127. The lowest BCUT2D eigenvalue weighted by Crippen LogP contribution is -2.53. The molecule has 0 aromatic heterocycles. The maximum Gasteiger partial charge on any atom is 0.264 e. The van der Waals surface area contributed by atoms with E-state index in [1.807, 2.05) is 30.3 Å². The number of nitrogens with zero attached hydrogens (tertiary/aromatic N) is 2. The average Bonchev–Trinajstić information content (AvgIpc) is 3.00. The number of hydrogen-bond donors (Lipinski definition) is 1. The molecule has 42 heavy (non-hydrogen) atoms. The van der Waals surface area contributed by atoms with Gasteiger partial charge in [-0.15, -0.1) is 0 Å². The summed E-state index contributed by atoms with van der Waals surface area (Å²) >= 11 is 6.37. The Morgan fingerprint density at radius 3 is 2.14 bits per heavy atom. The number of amides is 2. The van der Waals surface area contributed by atoms with Crippen LogP contribution < -0.4 is 9.62 Å². The van der Waals surface area contributed by atoms with Crippen molar-refractivity contribution in [2.45, 2.75) is 30.8 Å². The van der Waals surface area contributed by atoms with E-state index in [2.05, 4.69) is 5.32 Å². The summed E-state index contributed by atoms with van der Waals surface area (Å²) in [5.74, 6) is -1.72. The average molecular weight is 608 g/mol. The van der Waals surface area contributed by atoms with Crippen molar-refractivity contribution in [2.75, 3.05) is 17.9 Å². The third-order valence-electron chi connectivity index (χ3n) is 6.87. The van der Waals surface area contributed by atoms with Gasteiger partial charge in [-0.05, 0) is 48.4 Å². The molecule has 2 amide bonds. The van der Waals surface area contributed by atoms with Gasteiger partial charge in [0.15, 0.2) is 0 Å². The Hall–Kier alpha value is -4.21. The van der Waals surface area contributed by atoms with E-state index in [-0.39, 0.29) is 29.1 Å². The molecule has 0 fully saturated rings. The van der Waals surface area contributed by atoms with E-state index >= 15 is 0 Å². The molecule has 0 heterocycles. The molecule has 4 aromatic rings. The number of benzene rings is 4. The minimum Gasteiger partial charge on any atom is -0.357 e. The maximum atomic E-state index is 14.8. The van der Waals surface area contributed by atoms with Gasteiger partial charge in [0.25, 0.3) is 10.0 Å². The van der Waals surface area contributed by atoms with Crippen LogP contribution in [0, 0.1) is 12.7 Å². The van der Waals surface area contributed by atoms with Crippen molar-refractivity contribution in [2.24, 2.45) is 0 Å². The van der Waals surface area contributed by atoms with E-state index in [1.165, 1.54) is 48.3 Å². The van der Waals surface area contributed by atoms with Crippen LogP contribution in [0.25, 0.3) is 0 Å². The monoisotopic (exact) mass is 607 g/mol. The minimum atomic E-state index is -4.25. The smallest absolute Gasteiger partial charge is 0.264 e. The zero-order chi connectivity index (χ0) is 30.3. The predicted molar refractivity (Wildman–Crippen MR) is 162 cm³/mol. The predicted octanol–water partition coefficient (Wildman–Crippen LogP) is 5.37. The molecular weight excluding hydrogens is 577 g/mol. The van der Waals surface area contributed by atoms with Crippen LogP contribution in [0.4, 0.5) is 10.1 Å². The van der Waals surface area contributed by atoms with Crippen LogP contribution in [0.5, 0.6) is 0 Å². The molecule has 1 unspecified atom stereocenters. The summed E-state index contributed by atoms with van der Waals surface area (Å²) in [5.41, 5.74) is 1.86. The van der Waals surface area contributed by atoms with Gasteiger partial charge in [0.1, 0.15) is 18.4 Å². The fourth-order valence-corrected chi connectivity index (χ4v) is 6.12. The quantitative estimate of drug-likeness (QED) is 0.248. The minimum absolute atomic E-state index is 0.0257. The van der Waals surface area contributed by atoms with Crippen LogP contribution in [-0.4, -0.2) is 44.8 Å². The molecule has 0 saturated heterocycles. The maximum absolute atomic E-state index is 14.8. The second-order valence-corrected chi connectivity index (χ2v) is 12.0. The first-order valence-electron chi connectivity index (χ1n) is 13.2. The van der Waals surface area contributed by atoms with E-state index in [0.29, 0.717) is 5.02 Å². The summed E-state index contributed by atoms with van der Waals surface area (Å²) in [6, 6.07) is 26.4. The summed E-state index contributed by atoms with van der Waals surface area (Å²) in [7, 11) is -2.80. The molecule has 0 aliphatic rings. The number of nitrogens with one attached hydrogen (secondary N) is 1. The van der Waals surface area contributed by atoms with E-state index in [0.717, 1.165) is 15.4 Å². The van der Waals surface area contributed by atoms with Gasteiger partial charge >= 0.3 is 0 Å². The Kier molecular flexibility index (Phi) is 9.98. The summed E-state index contributed by atoms with van der Waals surface area (Å²) in [4.78, 5) is 28.7. The molecule has 0 bridgehead atoms. The van der Waals surface area contributed by atoms with Gasteiger partial charge in [-0.3, -0.25) is 13.9 Å². The van der Waals surface area contributed by atoms with Crippen LogP contribution in [-0.2, 0) is 32.6 Å². The lowest BCUT2D eigenvalue weighted by atomic mass is 10.0. The Bertz CT molecular complexity index is 1650. The first-order chi connectivity index (χ1) is 20.1. The largest absolute Gasteiger partial charge is 0.357 e. The molecule has 1 N–H and O–H groups in total. The Balaban J connectivity index is 1.81. The van der Waals surface area contributed by atoms with Gasteiger partial charge in [-0.25, -0.2) is 12.8 Å². The number of carbonyl (C=O) groups excluding carboxylic acids is 2. The Morgan fingerprint density at radius 2 is 1.52 bits per heavy atom. The van der Waals surface area contributed by atoms with Crippen molar-refractivity contribution < 1.29 is 22.4 Å². The zero-order valence-electron chi connectivity index (χ0n) is 23.2. The molecule has 0 radical (unpaired) electrons. The highest BCUT2D eigenvalue weighted by molar-refractivity contribution is 7.92. The molecule has 4 aromatic carbocycles. The molecule has 7 nitrogen and oxygen atoms in total. The highest BCUT2D eigenvalue weighted by Gasteiger charge is 2.34. The van der Waals surface area contributed by atoms with Crippen LogP contribution in [0.3, 0.4) is 0 Å². The van der Waals surface area contributed by atoms with Gasteiger partial charge in [-0.1, -0.05) is 84.4 Å². The number of rotatable bonds is 11.